The quantitative estimate of drug-likeness (QED) is 0.838. The number of furan rings is 1. The Bertz CT molecular complexity index is 707. The molecule has 0 aliphatic heterocycles. The Labute approximate surface area is 151 Å². The predicted molar refractivity (Wildman–Crippen MR) is 97.1 cm³/mol. The van der Waals surface area contributed by atoms with Crippen molar-refractivity contribution in [2.45, 2.75) is 70.5 Å². The van der Waals surface area contributed by atoms with Crippen molar-refractivity contribution in [2.24, 2.45) is 0 Å². The Morgan fingerprint density at radius 2 is 2.04 bits per heavy atom. The van der Waals surface area contributed by atoms with Crippen LogP contribution in [-0.4, -0.2) is 17.0 Å². The van der Waals surface area contributed by atoms with E-state index in [9.17, 15) is 4.79 Å². The minimum absolute atomic E-state index is 0.241. The molecule has 1 amide bonds. The fourth-order valence-corrected chi connectivity index (χ4v) is 4.62. The van der Waals surface area contributed by atoms with Crippen LogP contribution in [0.15, 0.2) is 16.5 Å². The average molecular weight is 360 g/mol. The number of carbonyl (C=O) groups is 1. The van der Waals surface area contributed by atoms with Crippen LogP contribution in [-0.2, 0) is 24.2 Å². The molecule has 6 heteroatoms. The van der Waals surface area contributed by atoms with Gasteiger partial charge in [-0.3, -0.25) is 10.1 Å². The molecule has 1 N–H and O–H groups in total. The lowest BCUT2D eigenvalue weighted by molar-refractivity contribution is 0.00849. The van der Waals surface area contributed by atoms with Crippen molar-refractivity contribution in [3.05, 3.63) is 34.2 Å². The first kappa shape index (κ1) is 16.8. The van der Waals surface area contributed by atoms with E-state index in [0.717, 1.165) is 31.4 Å². The predicted octanol–water partition coefficient (Wildman–Crippen LogP) is 4.72. The SMILES string of the molecule is O=C(Nc1nc2c(s1)CCCC2)c1ccc(COC2CCCCC2)o1. The summed E-state index contributed by atoms with van der Waals surface area (Å²) >= 11 is 1.58. The topological polar surface area (TPSA) is 64.4 Å². The molecule has 5 nitrogen and oxygen atoms in total. The summed E-state index contributed by atoms with van der Waals surface area (Å²) in [5, 5.41) is 3.54. The van der Waals surface area contributed by atoms with Crippen LogP contribution >= 0.6 is 11.3 Å². The van der Waals surface area contributed by atoms with Gasteiger partial charge in [0.05, 0.1) is 11.8 Å². The zero-order chi connectivity index (χ0) is 17.1. The molecule has 0 atom stereocenters. The fraction of sp³-hybridized carbons (Fsp3) is 0.579. The molecule has 0 radical (unpaired) electrons. The van der Waals surface area contributed by atoms with Crippen molar-refractivity contribution in [1.29, 1.82) is 0 Å². The summed E-state index contributed by atoms with van der Waals surface area (Å²) in [4.78, 5) is 18.2. The molecule has 2 aromatic rings. The third kappa shape index (κ3) is 4.12. The lowest BCUT2D eigenvalue weighted by Crippen LogP contribution is -2.16. The highest BCUT2D eigenvalue weighted by Gasteiger charge is 2.19. The van der Waals surface area contributed by atoms with Gasteiger partial charge in [-0.15, -0.1) is 11.3 Å². The molecule has 0 unspecified atom stereocenters. The van der Waals surface area contributed by atoms with E-state index in [1.807, 2.05) is 6.07 Å². The van der Waals surface area contributed by atoms with Gasteiger partial charge in [0.1, 0.15) is 12.4 Å². The first-order valence-corrected chi connectivity index (χ1v) is 10.1. The summed E-state index contributed by atoms with van der Waals surface area (Å²) in [7, 11) is 0. The molecule has 2 aliphatic rings. The number of ether oxygens (including phenoxy) is 1. The number of anilines is 1. The van der Waals surface area contributed by atoms with Crippen LogP contribution in [0.5, 0.6) is 0 Å². The van der Waals surface area contributed by atoms with Crippen molar-refractivity contribution in [3.8, 4) is 0 Å². The number of aromatic nitrogens is 1. The minimum Gasteiger partial charge on any atom is -0.453 e. The molecule has 134 valence electrons. The maximum absolute atomic E-state index is 12.4. The van der Waals surface area contributed by atoms with Gasteiger partial charge in [-0.05, 0) is 50.7 Å². The molecule has 2 heterocycles. The van der Waals surface area contributed by atoms with E-state index in [2.05, 4.69) is 10.3 Å². The first-order chi connectivity index (χ1) is 12.3. The van der Waals surface area contributed by atoms with Gasteiger partial charge in [0.15, 0.2) is 10.9 Å². The second kappa shape index (κ2) is 7.70. The van der Waals surface area contributed by atoms with Crippen molar-refractivity contribution in [2.75, 3.05) is 5.32 Å². The number of rotatable bonds is 5. The molecule has 2 aliphatic carbocycles. The van der Waals surface area contributed by atoms with Gasteiger partial charge in [0.25, 0.3) is 5.91 Å². The highest BCUT2D eigenvalue weighted by Crippen LogP contribution is 2.30. The normalized spacial score (nSPS) is 18.1. The molecule has 0 saturated heterocycles. The number of hydrogen-bond donors (Lipinski definition) is 1. The number of nitrogens with one attached hydrogen (secondary N) is 1. The molecule has 4 rings (SSSR count). The van der Waals surface area contributed by atoms with Crippen LogP contribution in [0.2, 0.25) is 0 Å². The van der Waals surface area contributed by atoms with E-state index in [0.29, 0.717) is 29.4 Å². The number of amides is 1. The molecular formula is C19H24N2O3S. The van der Waals surface area contributed by atoms with Gasteiger partial charge >= 0.3 is 0 Å². The monoisotopic (exact) mass is 360 g/mol. The molecule has 2 aromatic heterocycles. The molecule has 25 heavy (non-hydrogen) atoms. The zero-order valence-electron chi connectivity index (χ0n) is 14.4. The molecule has 1 fully saturated rings. The van der Waals surface area contributed by atoms with Crippen molar-refractivity contribution >= 4 is 22.4 Å². The largest absolute Gasteiger partial charge is 0.453 e. The minimum atomic E-state index is -0.241. The van der Waals surface area contributed by atoms with Gasteiger partial charge in [0.2, 0.25) is 0 Å². The second-order valence-electron chi connectivity index (χ2n) is 6.89. The summed E-state index contributed by atoms with van der Waals surface area (Å²) in [6.07, 6.45) is 10.9. The van der Waals surface area contributed by atoms with Crippen molar-refractivity contribution in [1.82, 2.24) is 4.98 Å². The Hall–Kier alpha value is -1.66. The summed E-state index contributed by atoms with van der Waals surface area (Å²) in [6, 6.07) is 3.53. The van der Waals surface area contributed by atoms with E-state index in [1.54, 1.807) is 17.4 Å². The Balaban J connectivity index is 1.33. The van der Waals surface area contributed by atoms with Gasteiger partial charge < -0.3 is 9.15 Å². The summed E-state index contributed by atoms with van der Waals surface area (Å²) in [6.45, 7) is 0.434. The summed E-state index contributed by atoms with van der Waals surface area (Å²) in [5.41, 5.74) is 1.15. The average Bonchev–Trinajstić information content (AvgIpc) is 3.27. The fourth-order valence-electron chi connectivity index (χ4n) is 3.57. The highest BCUT2D eigenvalue weighted by atomic mass is 32.1. The standard InChI is InChI=1S/C19H24N2O3S/c22-18(21-19-20-15-8-4-5-9-17(15)25-19)16-11-10-14(24-16)12-23-13-6-2-1-3-7-13/h10-11,13H,1-9,12H2,(H,20,21,22). The number of hydrogen-bond acceptors (Lipinski definition) is 5. The van der Waals surface area contributed by atoms with Crippen molar-refractivity contribution in [3.63, 3.8) is 0 Å². The van der Waals surface area contributed by atoms with Crippen LogP contribution in [0.25, 0.3) is 0 Å². The number of nitrogens with zero attached hydrogens (tertiary/aromatic N) is 1. The van der Waals surface area contributed by atoms with Gasteiger partial charge in [-0.1, -0.05) is 19.3 Å². The third-order valence-corrected chi connectivity index (χ3v) is 6.04. The molecule has 0 spiro atoms. The molecule has 0 aromatic carbocycles. The highest BCUT2D eigenvalue weighted by molar-refractivity contribution is 7.15. The first-order valence-electron chi connectivity index (χ1n) is 9.28. The summed E-state index contributed by atoms with van der Waals surface area (Å²) in [5.74, 6) is 0.777. The summed E-state index contributed by atoms with van der Waals surface area (Å²) < 4.78 is 11.6. The second-order valence-corrected chi connectivity index (χ2v) is 7.97. The Morgan fingerprint density at radius 3 is 2.88 bits per heavy atom. The maximum atomic E-state index is 12.4. The Morgan fingerprint density at radius 1 is 1.20 bits per heavy atom. The number of aryl methyl sites for hydroxylation is 2. The van der Waals surface area contributed by atoms with Gasteiger partial charge in [0, 0.05) is 4.88 Å². The maximum Gasteiger partial charge on any atom is 0.293 e. The van der Waals surface area contributed by atoms with Crippen LogP contribution in [0.4, 0.5) is 5.13 Å². The van der Waals surface area contributed by atoms with Gasteiger partial charge in [-0.25, -0.2) is 4.98 Å². The third-order valence-electron chi connectivity index (χ3n) is 4.97. The molecule has 0 bridgehead atoms. The van der Waals surface area contributed by atoms with E-state index < -0.39 is 0 Å². The van der Waals surface area contributed by atoms with E-state index in [4.69, 9.17) is 9.15 Å². The lowest BCUT2D eigenvalue weighted by atomic mass is 9.98. The van der Waals surface area contributed by atoms with Crippen LogP contribution in [0, 0.1) is 0 Å². The van der Waals surface area contributed by atoms with Crippen molar-refractivity contribution < 1.29 is 13.9 Å². The number of thiazole rings is 1. The van der Waals surface area contributed by atoms with Crippen LogP contribution in [0.1, 0.15) is 71.8 Å². The van der Waals surface area contributed by atoms with E-state index >= 15 is 0 Å². The van der Waals surface area contributed by atoms with Crippen LogP contribution < -0.4 is 5.32 Å². The number of fused-ring (bicyclic) bond motifs is 1. The van der Waals surface area contributed by atoms with E-state index in [-0.39, 0.29) is 5.91 Å². The van der Waals surface area contributed by atoms with Gasteiger partial charge in [-0.2, -0.15) is 0 Å². The lowest BCUT2D eigenvalue weighted by Gasteiger charge is -2.21. The molecular weight excluding hydrogens is 336 g/mol. The molecule has 1 saturated carbocycles. The number of carbonyl (C=O) groups excluding carboxylic acids is 1. The smallest absolute Gasteiger partial charge is 0.293 e. The Kier molecular flexibility index (Phi) is 5.17. The van der Waals surface area contributed by atoms with Crippen LogP contribution in [0.3, 0.4) is 0 Å². The van der Waals surface area contributed by atoms with E-state index in [1.165, 1.54) is 37.0 Å². The zero-order valence-corrected chi connectivity index (χ0v) is 15.2.